The van der Waals surface area contributed by atoms with Gasteiger partial charge in [-0.2, -0.15) is 0 Å². The van der Waals surface area contributed by atoms with Crippen LogP contribution in [0.3, 0.4) is 0 Å². The first-order valence-electron chi connectivity index (χ1n) is 6.92. The van der Waals surface area contributed by atoms with Crippen molar-refractivity contribution in [1.82, 2.24) is 29.6 Å². The highest BCUT2D eigenvalue weighted by molar-refractivity contribution is 5.41. The minimum absolute atomic E-state index is 0.599. The second kappa shape index (κ2) is 6.04. The molecule has 0 radical (unpaired) electrons. The van der Waals surface area contributed by atoms with Crippen LogP contribution in [0.25, 0.3) is 0 Å². The molecular formula is C13H19N7O. The van der Waals surface area contributed by atoms with Gasteiger partial charge in [-0.25, -0.2) is 9.97 Å². The molecule has 1 aliphatic heterocycles. The summed E-state index contributed by atoms with van der Waals surface area (Å²) in [5.74, 6) is 2.51. The quantitative estimate of drug-likeness (QED) is 0.780. The summed E-state index contributed by atoms with van der Waals surface area (Å²) in [4.78, 5) is 13.0. The van der Waals surface area contributed by atoms with Crippen LogP contribution in [0.4, 0.5) is 5.82 Å². The second-order valence-electron chi connectivity index (χ2n) is 5.04. The Kier molecular flexibility index (Phi) is 3.96. The Bertz CT molecular complexity index is 592. The number of methoxy groups -OCH3 is 1. The molecule has 0 aliphatic carbocycles. The zero-order chi connectivity index (χ0) is 14.7. The van der Waals surface area contributed by atoms with E-state index in [0.717, 1.165) is 44.4 Å². The van der Waals surface area contributed by atoms with Crippen LogP contribution in [0.1, 0.15) is 5.82 Å². The molecule has 3 rings (SSSR count). The molecular weight excluding hydrogens is 270 g/mol. The highest BCUT2D eigenvalue weighted by Gasteiger charge is 2.19. The fourth-order valence-corrected chi connectivity index (χ4v) is 2.40. The van der Waals surface area contributed by atoms with Gasteiger partial charge in [-0.1, -0.05) is 0 Å². The third kappa shape index (κ3) is 3.10. The Morgan fingerprint density at radius 2 is 2.00 bits per heavy atom. The van der Waals surface area contributed by atoms with Gasteiger partial charge in [0.05, 0.1) is 13.7 Å². The fourth-order valence-electron chi connectivity index (χ4n) is 2.40. The first-order chi connectivity index (χ1) is 10.3. The molecule has 3 heterocycles. The number of rotatable bonds is 4. The molecule has 2 aromatic heterocycles. The predicted octanol–water partition coefficient (Wildman–Crippen LogP) is -0.0641. The lowest BCUT2D eigenvalue weighted by Crippen LogP contribution is -2.46. The summed E-state index contributed by atoms with van der Waals surface area (Å²) in [5.41, 5.74) is 0. The maximum absolute atomic E-state index is 5.14. The molecule has 112 valence electrons. The highest BCUT2D eigenvalue weighted by Crippen LogP contribution is 2.17. The standard InChI is InChI=1S/C13H19N7O/c1-18-10-16-17-12(18)8-19-3-5-20(6-4-19)11-7-13(21-2)15-9-14-11/h7,9-10H,3-6,8H2,1-2H3. The fraction of sp³-hybridized carbons (Fsp3) is 0.538. The van der Waals surface area contributed by atoms with Crippen molar-refractivity contribution in [3.05, 3.63) is 24.5 Å². The van der Waals surface area contributed by atoms with Gasteiger partial charge in [0, 0.05) is 39.3 Å². The maximum Gasteiger partial charge on any atom is 0.218 e. The van der Waals surface area contributed by atoms with Crippen molar-refractivity contribution in [1.29, 1.82) is 0 Å². The number of aryl methyl sites for hydroxylation is 1. The first kappa shape index (κ1) is 13.7. The summed E-state index contributed by atoms with van der Waals surface area (Å²) >= 11 is 0. The number of ether oxygens (including phenoxy) is 1. The van der Waals surface area contributed by atoms with Crippen molar-refractivity contribution in [2.45, 2.75) is 6.54 Å². The second-order valence-corrected chi connectivity index (χ2v) is 5.04. The minimum Gasteiger partial charge on any atom is -0.481 e. The van der Waals surface area contributed by atoms with E-state index >= 15 is 0 Å². The maximum atomic E-state index is 5.14. The summed E-state index contributed by atoms with van der Waals surface area (Å²) in [6.45, 7) is 4.63. The van der Waals surface area contributed by atoms with Crippen molar-refractivity contribution in [3.8, 4) is 5.88 Å². The highest BCUT2D eigenvalue weighted by atomic mass is 16.5. The van der Waals surface area contributed by atoms with E-state index in [1.165, 1.54) is 0 Å². The average molecular weight is 289 g/mol. The van der Waals surface area contributed by atoms with E-state index in [0.29, 0.717) is 5.88 Å². The van der Waals surface area contributed by atoms with E-state index in [4.69, 9.17) is 4.74 Å². The molecule has 1 saturated heterocycles. The number of anilines is 1. The summed E-state index contributed by atoms with van der Waals surface area (Å²) in [5, 5.41) is 8.04. The van der Waals surface area contributed by atoms with Crippen LogP contribution in [0.15, 0.2) is 18.7 Å². The summed E-state index contributed by atoms with van der Waals surface area (Å²) in [6, 6.07) is 1.87. The van der Waals surface area contributed by atoms with E-state index in [1.807, 2.05) is 17.7 Å². The molecule has 0 spiro atoms. The molecule has 21 heavy (non-hydrogen) atoms. The van der Waals surface area contributed by atoms with E-state index in [1.54, 1.807) is 19.8 Å². The lowest BCUT2D eigenvalue weighted by molar-refractivity contribution is 0.241. The van der Waals surface area contributed by atoms with E-state index in [2.05, 4.69) is 30.0 Å². The van der Waals surface area contributed by atoms with Gasteiger partial charge in [-0.3, -0.25) is 4.90 Å². The zero-order valence-electron chi connectivity index (χ0n) is 12.3. The van der Waals surface area contributed by atoms with Crippen LogP contribution < -0.4 is 9.64 Å². The Hall–Kier alpha value is -2.22. The smallest absolute Gasteiger partial charge is 0.218 e. The topological polar surface area (TPSA) is 72.2 Å². The van der Waals surface area contributed by atoms with Crippen molar-refractivity contribution in [3.63, 3.8) is 0 Å². The summed E-state index contributed by atoms with van der Waals surface area (Å²) < 4.78 is 7.10. The molecule has 8 heteroatoms. The molecule has 1 aliphatic rings. The van der Waals surface area contributed by atoms with Crippen molar-refractivity contribution in [2.75, 3.05) is 38.2 Å². The third-order valence-corrected chi connectivity index (χ3v) is 3.70. The van der Waals surface area contributed by atoms with Gasteiger partial charge in [0.2, 0.25) is 5.88 Å². The molecule has 8 nitrogen and oxygen atoms in total. The number of hydrogen-bond acceptors (Lipinski definition) is 7. The summed E-state index contributed by atoms with van der Waals surface area (Å²) in [6.07, 6.45) is 3.28. The average Bonchev–Trinajstić information content (AvgIpc) is 2.93. The van der Waals surface area contributed by atoms with Crippen LogP contribution in [-0.4, -0.2) is 62.9 Å². The van der Waals surface area contributed by atoms with Gasteiger partial charge in [0.1, 0.15) is 24.3 Å². The monoisotopic (exact) mass is 289 g/mol. The van der Waals surface area contributed by atoms with Crippen molar-refractivity contribution in [2.24, 2.45) is 7.05 Å². The van der Waals surface area contributed by atoms with E-state index in [-0.39, 0.29) is 0 Å². The molecule has 0 unspecified atom stereocenters. The molecule has 0 bridgehead atoms. The van der Waals surface area contributed by atoms with Gasteiger partial charge < -0.3 is 14.2 Å². The van der Waals surface area contributed by atoms with Crippen LogP contribution in [0, 0.1) is 0 Å². The molecule has 0 aromatic carbocycles. The first-order valence-corrected chi connectivity index (χ1v) is 6.92. The molecule has 0 N–H and O–H groups in total. The number of hydrogen-bond donors (Lipinski definition) is 0. The largest absolute Gasteiger partial charge is 0.481 e. The Labute approximate surface area is 123 Å². The van der Waals surface area contributed by atoms with Gasteiger partial charge in [0.15, 0.2) is 0 Å². The Morgan fingerprint density at radius 1 is 1.19 bits per heavy atom. The zero-order valence-corrected chi connectivity index (χ0v) is 12.3. The van der Waals surface area contributed by atoms with Crippen LogP contribution >= 0.6 is 0 Å². The molecule has 2 aromatic rings. The lowest BCUT2D eigenvalue weighted by atomic mass is 10.3. The Balaban J connectivity index is 1.58. The Morgan fingerprint density at radius 3 is 2.67 bits per heavy atom. The molecule has 0 atom stereocenters. The van der Waals surface area contributed by atoms with Crippen LogP contribution in [0.5, 0.6) is 5.88 Å². The van der Waals surface area contributed by atoms with Crippen LogP contribution in [0.2, 0.25) is 0 Å². The number of aromatic nitrogens is 5. The summed E-state index contributed by atoms with van der Waals surface area (Å²) in [7, 11) is 3.59. The minimum atomic E-state index is 0.599. The van der Waals surface area contributed by atoms with Crippen LogP contribution in [-0.2, 0) is 13.6 Å². The van der Waals surface area contributed by atoms with Gasteiger partial charge >= 0.3 is 0 Å². The third-order valence-electron chi connectivity index (χ3n) is 3.70. The number of piperazine rings is 1. The van der Waals surface area contributed by atoms with Crippen molar-refractivity contribution < 1.29 is 4.74 Å². The van der Waals surface area contributed by atoms with E-state index in [9.17, 15) is 0 Å². The SMILES string of the molecule is COc1cc(N2CCN(Cc3nncn3C)CC2)ncn1. The molecule has 0 saturated carbocycles. The van der Waals surface area contributed by atoms with E-state index < -0.39 is 0 Å². The van der Waals surface area contributed by atoms with Gasteiger partial charge in [-0.15, -0.1) is 10.2 Å². The molecule has 0 amide bonds. The lowest BCUT2D eigenvalue weighted by Gasteiger charge is -2.35. The number of nitrogens with zero attached hydrogens (tertiary/aromatic N) is 7. The normalized spacial score (nSPS) is 16.2. The molecule has 1 fully saturated rings. The van der Waals surface area contributed by atoms with Gasteiger partial charge in [0.25, 0.3) is 0 Å². The van der Waals surface area contributed by atoms with Gasteiger partial charge in [-0.05, 0) is 0 Å². The predicted molar refractivity (Wildman–Crippen MR) is 77.1 cm³/mol. The van der Waals surface area contributed by atoms with Crippen molar-refractivity contribution >= 4 is 5.82 Å².